The summed E-state index contributed by atoms with van der Waals surface area (Å²) in [7, 11) is 0. The molecule has 0 aromatic carbocycles. The maximum absolute atomic E-state index is 11.6. The third-order valence-corrected chi connectivity index (χ3v) is 2.65. The fourth-order valence-corrected chi connectivity index (χ4v) is 1.75. The van der Waals surface area contributed by atoms with Crippen LogP contribution in [0.4, 0.5) is 4.79 Å². The minimum Gasteiger partial charge on any atom is -0.378 e. The molecule has 0 bridgehead atoms. The van der Waals surface area contributed by atoms with Gasteiger partial charge in [0.25, 0.3) is 0 Å². The first-order chi connectivity index (χ1) is 7.86. The minimum absolute atomic E-state index is 0.0266. The molecule has 6 nitrogen and oxygen atoms in total. The van der Waals surface area contributed by atoms with Crippen molar-refractivity contribution >= 4 is 6.03 Å². The van der Waals surface area contributed by atoms with E-state index < -0.39 is 0 Å². The third kappa shape index (κ3) is 3.33. The first-order valence-corrected chi connectivity index (χ1v) is 5.70. The summed E-state index contributed by atoms with van der Waals surface area (Å²) in [5, 5.41) is 2.85. The topological polar surface area (TPSA) is 60.0 Å². The lowest BCUT2D eigenvalue weighted by Crippen LogP contribution is -2.46. The van der Waals surface area contributed by atoms with Crippen LogP contribution in [0.15, 0.2) is 0 Å². The molecule has 0 saturated carbocycles. The van der Waals surface area contributed by atoms with E-state index in [1.54, 1.807) is 4.90 Å². The molecule has 92 valence electrons. The summed E-state index contributed by atoms with van der Waals surface area (Å²) in [6.45, 7) is 4.49. The Labute approximate surface area is 94.8 Å². The highest BCUT2D eigenvalue weighted by atomic mass is 16.7. The molecule has 0 aromatic rings. The van der Waals surface area contributed by atoms with Gasteiger partial charge in [-0.3, -0.25) is 0 Å². The average Bonchev–Trinajstić information content (AvgIpc) is 2.83. The van der Waals surface area contributed by atoms with E-state index in [9.17, 15) is 4.79 Å². The Morgan fingerprint density at radius 1 is 1.19 bits per heavy atom. The molecule has 2 fully saturated rings. The summed E-state index contributed by atoms with van der Waals surface area (Å²) in [5.41, 5.74) is 0. The number of hydrogen-bond donors (Lipinski definition) is 1. The fourth-order valence-electron chi connectivity index (χ4n) is 1.75. The Morgan fingerprint density at radius 3 is 2.56 bits per heavy atom. The Balaban J connectivity index is 1.59. The predicted octanol–water partition coefficient (Wildman–Crippen LogP) is -0.209. The van der Waals surface area contributed by atoms with E-state index in [0.717, 1.165) is 0 Å². The number of nitrogens with zero attached hydrogens (tertiary/aromatic N) is 1. The fraction of sp³-hybridized carbons (Fsp3) is 0.900. The van der Waals surface area contributed by atoms with Gasteiger partial charge in [-0.15, -0.1) is 0 Å². The molecule has 0 atom stereocenters. The van der Waals surface area contributed by atoms with Crippen LogP contribution in [-0.4, -0.2) is 63.3 Å². The van der Waals surface area contributed by atoms with Crippen molar-refractivity contribution in [2.24, 2.45) is 0 Å². The van der Waals surface area contributed by atoms with Crippen molar-refractivity contribution in [2.75, 3.05) is 46.1 Å². The zero-order chi connectivity index (χ0) is 11.2. The van der Waals surface area contributed by atoms with Crippen molar-refractivity contribution in [1.29, 1.82) is 0 Å². The normalized spacial score (nSPS) is 22.4. The lowest BCUT2D eigenvalue weighted by atomic mass is 10.4. The van der Waals surface area contributed by atoms with Crippen molar-refractivity contribution in [3.8, 4) is 0 Å². The quantitative estimate of drug-likeness (QED) is 0.729. The van der Waals surface area contributed by atoms with Crippen molar-refractivity contribution in [3.05, 3.63) is 0 Å². The van der Waals surface area contributed by atoms with Crippen LogP contribution in [0.5, 0.6) is 0 Å². The molecule has 2 rings (SSSR count). The summed E-state index contributed by atoms with van der Waals surface area (Å²) >= 11 is 0. The van der Waals surface area contributed by atoms with Crippen molar-refractivity contribution in [1.82, 2.24) is 10.2 Å². The first kappa shape index (κ1) is 11.6. The second-order valence-electron chi connectivity index (χ2n) is 3.79. The van der Waals surface area contributed by atoms with Crippen molar-refractivity contribution in [2.45, 2.75) is 12.7 Å². The highest BCUT2D eigenvalue weighted by molar-refractivity contribution is 5.74. The van der Waals surface area contributed by atoms with Gasteiger partial charge in [0, 0.05) is 26.1 Å². The van der Waals surface area contributed by atoms with Gasteiger partial charge in [-0.2, -0.15) is 0 Å². The van der Waals surface area contributed by atoms with E-state index in [0.29, 0.717) is 52.5 Å². The third-order valence-electron chi connectivity index (χ3n) is 2.65. The number of rotatable bonds is 3. The number of hydrogen-bond acceptors (Lipinski definition) is 4. The zero-order valence-corrected chi connectivity index (χ0v) is 9.31. The molecule has 0 spiro atoms. The van der Waals surface area contributed by atoms with Gasteiger partial charge >= 0.3 is 6.03 Å². The molecule has 0 unspecified atom stereocenters. The monoisotopic (exact) mass is 230 g/mol. The number of nitrogens with one attached hydrogen (secondary N) is 1. The minimum atomic E-state index is -0.148. The molecule has 2 amide bonds. The number of carbonyl (C=O) groups is 1. The van der Waals surface area contributed by atoms with Gasteiger partial charge < -0.3 is 24.4 Å². The van der Waals surface area contributed by atoms with Gasteiger partial charge in [-0.1, -0.05) is 0 Å². The second-order valence-corrected chi connectivity index (χ2v) is 3.79. The predicted molar refractivity (Wildman–Crippen MR) is 56.1 cm³/mol. The average molecular weight is 230 g/mol. The molecule has 2 aliphatic rings. The molecule has 0 radical (unpaired) electrons. The van der Waals surface area contributed by atoms with Crippen LogP contribution in [0, 0.1) is 0 Å². The van der Waals surface area contributed by atoms with Gasteiger partial charge in [-0.25, -0.2) is 4.79 Å². The number of morpholine rings is 1. The summed E-state index contributed by atoms with van der Waals surface area (Å²) in [5.74, 6) is 0. The Bertz CT molecular complexity index is 225. The molecule has 2 heterocycles. The van der Waals surface area contributed by atoms with Crippen molar-refractivity contribution in [3.63, 3.8) is 0 Å². The number of ether oxygens (including phenoxy) is 3. The second kappa shape index (κ2) is 6.03. The van der Waals surface area contributed by atoms with E-state index in [4.69, 9.17) is 14.2 Å². The maximum atomic E-state index is 11.6. The molecule has 0 aliphatic carbocycles. The molecule has 2 saturated heterocycles. The van der Waals surface area contributed by atoms with Gasteiger partial charge in [0.05, 0.1) is 26.4 Å². The van der Waals surface area contributed by atoms with E-state index in [1.807, 2.05) is 0 Å². The Kier molecular flexibility index (Phi) is 4.38. The van der Waals surface area contributed by atoms with Gasteiger partial charge in [-0.05, 0) is 0 Å². The molecule has 2 aliphatic heterocycles. The highest BCUT2D eigenvalue weighted by Gasteiger charge is 2.18. The smallest absolute Gasteiger partial charge is 0.317 e. The van der Waals surface area contributed by atoms with Crippen LogP contribution < -0.4 is 5.32 Å². The van der Waals surface area contributed by atoms with Crippen LogP contribution in [0.1, 0.15) is 6.42 Å². The van der Waals surface area contributed by atoms with Crippen LogP contribution in [0.25, 0.3) is 0 Å². The SMILES string of the molecule is O=C(NCCC1OCCO1)N1CCOCC1. The van der Waals surface area contributed by atoms with Crippen molar-refractivity contribution < 1.29 is 19.0 Å². The van der Waals surface area contributed by atoms with E-state index in [-0.39, 0.29) is 12.3 Å². The lowest BCUT2D eigenvalue weighted by Gasteiger charge is -2.27. The van der Waals surface area contributed by atoms with Crippen LogP contribution in [0.2, 0.25) is 0 Å². The highest BCUT2D eigenvalue weighted by Crippen LogP contribution is 2.06. The van der Waals surface area contributed by atoms with Crippen LogP contribution in [0.3, 0.4) is 0 Å². The molecule has 6 heteroatoms. The van der Waals surface area contributed by atoms with Crippen LogP contribution in [-0.2, 0) is 14.2 Å². The number of urea groups is 1. The Morgan fingerprint density at radius 2 is 1.88 bits per heavy atom. The zero-order valence-electron chi connectivity index (χ0n) is 9.31. The standard InChI is InChI=1S/C10H18N2O4/c13-10(12-3-5-14-6-4-12)11-2-1-9-15-7-8-16-9/h9H,1-8H2,(H,11,13). The van der Waals surface area contributed by atoms with Crippen LogP contribution >= 0.6 is 0 Å². The van der Waals surface area contributed by atoms with E-state index in [2.05, 4.69) is 5.32 Å². The van der Waals surface area contributed by atoms with E-state index >= 15 is 0 Å². The first-order valence-electron chi connectivity index (χ1n) is 5.70. The van der Waals surface area contributed by atoms with Gasteiger partial charge in [0.1, 0.15) is 0 Å². The summed E-state index contributed by atoms with van der Waals surface area (Å²) in [6.07, 6.45) is 0.556. The molecular weight excluding hydrogens is 212 g/mol. The number of amides is 2. The lowest BCUT2D eigenvalue weighted by molar-refractivity contribution is -0.0456. The largest absolute Gasteiger partial charge is 0.378 e. The molecule has 1 N–H and O–H groups in total. The summed E-state index contributed by atoms with van der Waals surface area (Å²) < 4.78 is 15.7. The molecular formula is C10H18N2O4. The summed E-state index contributed by atoms with van der Waals surface area (Å²) in [4.78, 5) is 13.4. The van der Waals surface area contributed by atoms with Gasteiger partial charge in [0.15, 0.2) is 6.29 Å². The Hall–Kier alpha value is -0.850. The molecule has 0 aromatic heterocycles. The van der Waals surface area contributed by atoms with Gasteiger partial charge in [0.2, 0.25) is 0 Å². The van der Waals surface area contributed by atoms with E-state index in [1.165, 1.54) is 0 Å². The summed E-state index contributed by atoms with van der Waals surface area (Å²) in [6, 6.07) is -0.0266. The molecule has 16 heavy (non-hydrogen) atoms. The maximum Gasteiger partial charge on any atom is 0.317 e. The number of carbonyl (C=O) groups excluding carboxylic acids is 1.